The first-order valence-electron chi connectivity index (χ1n) is 6.13. The van der Waals surface area contributed by atoms with Gasteiger partial charge in [-0.25, -0.2) is 0 Å². The molecule has 0 aliphatic rings. The molecule has 0 aliphatic heterocycles. The molecule has 18 heavy (non-hydrogen) atoms. The molecule has 0 saturated heterocycles. The van der Waals surface area contributed by atoms with Gasteiger partial charge in [0.1, 0.15) is 11.8 Å². The number of nitrogens with two attached hydrogens (primary N) is 1. The zero-order chi connectivity index (χ0) is 13.7. The molecule has 0 radical (unpaired) electrons. The van der Waals surface area contributed by atoms with E-state index in [-0.39, 0.29) is 5.91 Å². The number of nitrogens with one attached hydrogen (secondary N) is 1. The van der Waals surface area contributed by atoms with Gasteiger partial charge >= 0.3 is 0 Å². The van der Waals surface area contributed by atoms with Gasteiger partial charge in [0, 0.05) is 0 Å². The molecule has 0 spiro atoms. The van der Waals surface area contributed by atoms with E-state index in [1.165, 1.54) is 0 Å². The third kappa shape index (κ3) is 3.74. The highest BCUT2D eigenvalue weighted by Gasteiger charge is 2.18. The molecule has 1 atom stereocenters. The summed E-state index contributed by atoms with van der Waals surface area (Å²) in [6, 6.07) is 5.21. The van der Waals surface area contributed by atoms with Crippen LogP contribution in [0.2, 0.25) is 0 Å². The smallest absolute Gasteiger partial charge is 0.239 e. The van der Waals surface area contributed by atoms with Crippen molar-refractivity contribution in [3.63, 3.8) is 0 Å². The predicted molar refractivity (Wildman–Crippen MR) is 72.5 cm³/mol. The zero-order valence-corrected chi connectivity index (χ0v) is 11.5. The molecule has 0 heterocycles. The molecule has 0 bridgehead atoms. The summed E-state index contributed by atoms with van der Waals surface area (Å²) < 4.78 is 5.20. The lowest BCUT2D eigenvalue weighted by atomic mass is 10.0. The Morgan fingerprint density at radius 1 is 1.44 bits per heavy atom. The molecule has 1 rings (SSSR count). The summed E-state index contributed by atoms with van der Waals surface area (Å²) in [5.41, 5.74) is 7.31. The Hall–Kier alpha value is -1.55. The number of primary amides is 1. The molecule has 1 unspecified atom stereocenters. The number of aryl methyl sites for hydroxylation is 1. The van der Waals surface area contributed by atoms with Crippen LogP contribution in [0.1, 0.15) is 31.0 Å². The van der Waals surface area contributed by atoms with Gasteiger partial charge < -0.3 is 15.8 Å². The molecule has 0 saturated carbocycles. The van der Waals surface area contributed by atoms with Gasteiger partial charge in [0.25, 0.3) is 0 Å². The van der Waals surface area contributed by atoms with Crippen LogP contribution in [0.25, 0.3) is 0 Å². The van der Waals surface area contributed by atoms with Gasteiger partial charge in [0.15, 0.2) is 0 Å². The molecule has 1 aromatic rings. The van der Waals surface area contributed by atoms with Crippen molar-refractivity contribution in [3.8, 4) is 5.75 Å². The molecule has 4 heteroatoms. The minimum atomic E-state index is -0.447. The Morgan fingerprint density at radius 3 is 2.56 bits per heavy atom. The maximum Gasteiger partial charge on any atom is 0.239 e. The Kier molecular flexibility index (Phi) is 5.16. The molecule has 0 aromatic heterocycles. The van der Waals surface area contributed by atoms with Crippen LogP contribution in [0.5, 0.6) is 5.75 Å². The third-order valence-electron chi connectivity index (χ3n) is 2.77. The van der Waals surface area contributed by atoms with Crippen molar-refractivity contribution in [2.45, 2.75) is 26.8 Å². The van der Waals surface area contributed by atoms with Crippen LogP contribution in [0.15, 0.2) is 18.2 Å². The number of benzene rings is 1. The molecule has 1 amide bonds. The van der Waals surface area contributed by atoms with E-state index < -0.39 is 6.04 Å². The second-order valence-corrected chi connectivity index (χ2v) is 4.87. The highest BCUT2D eigenvalue weighted by molar-refractivity contribution is 5.81. The van der Waals surface area contributed by atoms with Crippen LogP contribution < -0.4 is 15.8 Å². The summed E-state index contributed by atoms with van der Waals surface area (Å²) in [4.78, 5) is 11.5. The number of methoxy groups -OCH3 is 1. The Bertz CT molecular complexity index is 416. The van der Waals surface area contributed by atoms with Gasteiger partial charge in [0.2, 0.25) is 5.91 Å². The van der Waals surface area contributed by atoms with E-state index in [4.69, 9.17) is 10.5 Å². The summed E-state index contributed by atoms with van der Waals surface area (Å²) in [7, 11) is 1.63. The van der Waals surface area contributed by atoms with E-state index in [0.717, 1.165) is 23.4 Å². The van der Waals surface area contributed by atoms with Crippen molar-refractivity contribution in [2.24, 2.45) is 11.7 Å². The largest absolute Gasteiger partial charge is 0.496 e. The van der Waals surface area contributed by atoms with E-state index in [1.54, 1.807) is 7.11 Å². The van der Waals surface area contributed by atoms with Crippen LogP contribution in [0, 0.1) is 12.8 Å². The van der Waals surface area contributed by atoms with Crippen LogP contribution >= 0.6 is 0 Å². The van der Waals surface area contributed by atoms with Crippen molar-refractivity contribution in [2.75, 3.05) is 13.7 Å². The first kappa shape index (κ1) is 14.5. The minimum Gasteiger partial charge on any atom is -0.496 e. The van der Waals surface area contributed by atoms with Gasteiger partial charge in [-0.15, -0.1) is 0 Å². The average molecular weight is 250 g/mol. The quantitative estimate of drug-likeness (QED) is 0.808. The van der Waals surface area contributed by atoms with Crippen molar-refractivity contribution >= 4 is 5.91 Å². The van der Waals surface area contributed by atoms with E-state index in [9.17, 15) is 4.79 Å². The Labute approximate surface area is 109 Å². The normalized spacial score (nSPS) is 12.5. The van der Waals surface area contributed by atoms with E-state index in [2.05, 4.69) is 19.2 Å². The highest BCUT2D eigenvalue weighted by Crippen LogP contribution is 2.22. The fourth-order valence-corrected chi connectivity index (χ4v) is 1.82. The SMILES string of the molecule is COc1ccc(C(NCC(C)C)C(N)=O)cc1C. The first-order valence-corrected chi connectivity index (χ1v) is 6.13. The molecular formula is C14H22N2O2. The molecule has 0 fully saturated rings. The minimum absolute atomic E-state index is 0.361. The summed E-state index contributed by atoms with van der Waals surface area (Å²) in [6.45, 7) is 6.87. The number of carbonyl (C=O) groups excluding carboxylic acids is 1. The lowest BCUT2D eigenvalue weighted by molar-refractivity contribution is -0.120. The second kappa shape index (κ2) is 6.40. The van der Waals surface area contributed by atoms with Crippen LogP contribution in [-0.2, 0) is 4.79 Å². The standard InChI is InChI=1S/C14H22N2O2/c1-9(2)8-16-13(14(15)17)11-5-6-12(18-4)10(3)7-11/h5-7,9,13,16H,8H2,1-4H3,(H2,15,17). The molecule has 1 aromatic carbocycles. The number of amides is 1. The third-order valence-corrected chi connectivity index (χ3v) is 2.77. The maximum atomic E-state index is 11.5. The van der Waals surface area contributed by atoms with Gasteiger partial charge in [-0.1, -0.05) is 26.0 Å². The summed E-state index contributed by atoms with van der Waals surface area (Å²) in [5.74, 6) is 0.914. The maximum absolute atomic E-state index is 11.5. The zero-order valence-electron chi connectivity index (χ0n) is 11.5. The Balaban J connectivity index is 2.92. The molecule has 4 nitrogen and oxygen atoms in total. The van der Waals surface area contributed by atoms with Crippen molar-refractivity contribution < 1.29 is 9.53 Å². The monoisotopic (exact) mass is 250 g/mol. The number of ether oxygens (including phenoxy) is 1. The topological polar surface area (TPSA) is 64.3 Å². The van der Waals surface area contributed by atoms with Gasteiger partial charge in [-0.05, 0) is 36.6 Å². The molecule has 0 aliphatic carbocycles. The van der Waals surface area contributed by atoms with Crippen molar-refractivity contribution in [1.29, 1.82) is 0 Å². The van der Waals surface area contributed by atoms with Gasteiger partial charge in [0.05, 0.1) is 7.11 Å². The number of hydrogen-bond donors (Lipinski definition) is 2. The lowest BCUT2D eigenvalue weighted by Crippen LogP contribution is -2.35. The summed E-state index contributed by atoms with van der Waals surface area (Å²) in [5, 5.41) is 3.18. The second-order valence-electron chi connectivity index (χ2n) is 4.87. The number of carbonyl (C=O) groups is 1. The van der Waals surface area contributed by atoms with Crippen molar-refractivity contribution in [1.82, 2.24) is 5.32 Å². The molecule has 100 valence electrons. The molecule has 3 N–H and O–H groups in total. The van der Waals surface area contributed by atoms with E-state index in [1.807, 2.05) is 25.1 Å². The molecular weight excluding hydrogens is 228 g/mol. The van der Waals surface area contributed by atoms with E-state index in [0.29, 0.717) is 5.92 Å². The fourth-order valence-electron chi connectivity index (χ4n) is 1.82. The summed E-state index contributed by atoms with van der Waals surface area (Å²) >= 11 is 0. The average Bonchev–Trinajstić information content (AvgIpc) is 2.28. The number of rotatable bonds is 6. The lowest BCUT2D eigenvalue weighted by Gasteiger charge is -2.18. The van der Waals surface area contributed by atoms with E-state index >= 15 is 0 Å². The van der Waals surface area contributed by atoms with Crippen LogP contribution in [0.3, 0.4) is 0 Å². The Morgan fingerprint density at radius 2 is 2.11 bits per heavy atom. The first-order chi connectivity index (χ1) is 8.45. The highest BCUT2D eigenvalue weighted by atomic mass is 16.5. The van der Waals surface area contributed by atoms with Crippen molar-refractivity contribution in [3.05, 3.63) is 29.3 Å². The summed E-state index contributed by atoms with van der Waals surface area (Å²) in [6.07, 6.45) is 0. The van der Waals surface area contributed by atoms with Crippen LogP contribution in [-0.4, -0.2) is 19.6 Å². The number of hydrogen-bond acceptors (Lipinski definition) is 3. The fraction of sp³-hybridized carbons (Fsp3) is 0.500. The predicted octanol–water partition coefficient (Wildman–Crippen LogP) is 1.78. The van der Waals surface area contributed by atoms with Gasteiger partial charge in [-0.3, -0.25) is 4.79 Å². The van der Waals surface area contributed by atoms with Crippen LogP contribution in [0.4, 0.5) is 0 Å². The van der Waals surface area contributed by atoms with Gasteiger partial charge in [-0.2, -0.15) is 0 Å².